The maximum atomic E-state index is 12.8. The van der Waals surface area contributed by atoms with Gasteiger partial charge in [-0.3, -0.25) is 4.79 Å². The average Bonchev–Trinajstić information content (AvgIpc) is 3.31. The van der Waals surface area contributed by atoms with Crippen LogP contribution in [0.2, 0.25) is 0 Å². The first-order valence-corrected chi connectivity index (χ1v) is 10.4. The van der Waals surface area contributed by atoms with Crippen molar-refractivity contribution in [3.05, 3.63) is 36.2 Å². The minimum Gasteiger partial charge on any atom is -0.467 e. The molecular weight excluding hydrogens is 400 g/mol. The average molecular weight is 428 g/mol. The van der Waals surface area contributed by atoms with Crippen molar-refractivity contribution in [2.75, 3.05) is 25.1 Å². The van der Waals surface area contributed by atoms with E-state index in [9.17, 15) is 9.59 Å². The first-order valence-electron chi connectivity index (χ1n) is 10.4. The fraction of sp³-hybridized carbons (Fsp3) is 0.524. The van der Waals surface area contributed by atoms with Gasteiger partial charge in [0.05, 0.1) is 13.3 Å². The van der Waals surface area contributed by atoms with Crippen LogP contribution in [0.1, 0.15) is 49.4 Å². The molecule has 1 saturated heterocycles. The number of amides is 1. The molecule has 2 aromatic rings. The summed E-state index contributed by atoms with van der Waals surface area (Å²) in [5, 5.41) is 2.70. The molecule has 166 valence electrons. The quantitative estimate of drug-likeness (QED) is 0.596. The molecule has 1 atom stereocenters. The second kappa shape index (κ2) is 10.6. The summed E-state index contributed by atoms with van der Waals surface area (Å²) >= 11 is 0. The minimum absolute atomic E-state index is 0.0598. The van der Waals surface area contributed by atoms with Gasteiger partial charge in [0.1, 0.15) is 12.6 Å². The van der Waals surface area contributed by atoms with E-state index in [0.717, 1.165) is 25.9 Å². The monoisotopic (exact) mass is 428 g/mol. The van der Waals surface area contributed by atoms with Crippen molar-refractivity contribution in [1.29, 1.82) is 0 Å². The van der Waals surface area contributed by atoms with E-state index < -0.39 is 17.9 Å². The number of hydrogen-bond acceptors (Lipinski definition) is 9. The van der Waals surface area contributed by atoms with Crippen LogP contribution in [0.5, 0.6) is 5.88 Å². The van der Waals surface area contributed by atoms with Gasteiger partial charge in [-0.1, -0.05) is 13.8 Å². The number of nitrogens with one attached hydrogen (secondary N) is 1. The molecule has 0 bridgehead atoms. The number of methoxy groups -OCH3 is 1. The summed E-state index contributed by atoms with van der Waals surface area (Å²) in [7, 11) is 1.30. The third-order valence-electron chi connectivity index (χ3n) is 4.82. The molecule has 1 N–H and O–H groups in total. The maximum absolute atomic E-state index is 12.8. The fourth-order valence-electron chi connectivity index (χ4n) is 3.32. The molecule has 31 heavy (non-hydrogen) atoms. The maximum Gasteiger partial charge on any atom is 0.328 e. The van der Waals surface area contributed by atoms with Gasteiger partial charge in [0.15, 0.2) is 17.3 Å². The lowest BCUT2D eigenvalue weighted by Crippen LogP contribution is -2.42. The predicted molar refractivity (Wildman–Crippen MR) is 113 cm³/mol. The van der Waals surface area contributed by atoms with Gasteiger partial charge in [0.25, 0.3) is 11.8 Å². The third-order valence-corrected chi connectivity index (χ3v) is 4.82. The first-order chi connectivity index (χ1) is 15.0. The zero-order valence-corrected chi connectivity index (χ0v) is 18.1. The largest absolute Gasteiger partial charge is 0.467 e. The van der Waals surface area contributed by atoms with Crippen LogP contribution >= 0.6 is 0 Å². The van der Waals surface area contributed by atoms with E-state index in [2.05, 4.69) is 30.2 Å². The molecule has 10 heteroatoms. The number of rotatable bonds is 9. The minimum atomic E-state index is -0.764. The highest BCUT2D eigenvalue weighted by Gasteiger charge is 2.26. The van der Waals surface area contributed by atoms with Gasteiger partial charge in [-0.15, -0.1) is 0 Å². The van der Waals surface area contributed by atoms with E-state index in [1.807, 2.05) is 13.8 Å². The molecule has 1 aliphatic rings. The van der Waals surface area contributed by atoms with Gasteiger partial charge in [-0.05, 0) is 31.2 Å². The van der Waals surface area contributed by atoms with Crippen molar-refractivity contribution in [1.82, 2.24) is 25.3 Å². The highest BCUT2D eigenvalue weighted by molar-refractivity contribution is 5.95. The molecule has 1 fully saturated rings. The zero-order valence-electron chi connectivity index (χ0n) is 18.1. The number of carbonyl (C=O) groups excluding carboxylic acids is 2. The normalized spacial score (nSPS) is 14.4. The highest BCUT2D eigenvalue weighted by Crippen LogP contribution is 2.27. The van der Waals surface area contributed by atoms with Crippen LogP contribution in [0.25, 0.3) is 0 Å². The van der Waals surface area contributed by atoms with Crippen molar-refractivity contribution in [2.45, 2.75) is 45.8 Å². The summed E-state index contributed by atoms with van der Waals surface area (Å²) in [5.41, 5.74) is 0.0598. The number of anilines is 1. The van der Waals surface area contributed by atoms with Crippen LogP contribution in [0.4, 0.5) is 5.82 Å². The van der Waals surface area contributed by atoms with Crippen LogP contribution in [0.3, 0.4) is 0 Å². The summed E-state index contributed by atoms with van der Waals surface area (Å²) in [6.45, 7) is 5.71. The van der Waals surface area contributed by atoms with Gasteiger partial charge in [0, 0.05) is 25.5 Å². The molecule has 0 aliphatic carbocycles. The molecule has 3 heterocycles. The van der Waals surface area contributed by atoms with Crippen molar-refractivity contribution in [2.24, 2.45) is 5.92 Å². The molecule has 1 aliphatic heterocycles. The Kier molecular flexibility index (Phi) is 7.69. The molecule has 1 unspecified atom stereocenters. The summed E-state index contributed by atoms with van der Waals surface area (Å²) < 4.78 is 10.7. The summed E-state index contributed by atoms with van der Waals surface area (Å²) in [5.74, 6) is 0.489. The lowest BCUT2D eigenvalue weighted by Gasteiger charge is -2.20. The molecule has 0 saturated carbocycles. The summed E-state index contributed by atoms with van der Waals surface area (Å²) in [4.78, 5) is 44.1. The number of ether oxygens (including phenoxy) is 2. The fourth-order valence-corrected chi connectivity index (χ4v) is 3.32. The number of hydrogen-bond donors (Lipinski definition) is 1. The summed E-state index contributed by atoms with van der Waals surface area (Å²) in [6.07, 6.45) is 7.22. The van der Waals surface area contributed by atoms with Crippen LogP contribution in [-0.4, -0.2) is 58.1 Å². The Hall–Kier alpha value is -3.30. The predicted octanol–water partition coefficient (Wildman–Crippen LogP) is 1.76. The van der Waals surface area contributed by atoms with E-state index >= 15 is 0 Å². The Morgan fingerprint density at radius 3 is 2.52 bits per heavy atom. The van der Waals surface area contributed by atoms with E-state index in [1.54, 1.807) is 18.5 Å². The Bertz CT molecular complexity index is 887. The molecule has 2 aromatic heterocycles. The van der Waals surface area contributed by atoms with Crippen molar-refractivity contribution in [3.8, 4) is 5.88 Å². The van der Waals surface area contributed by atoms with E-state index in [0.29, 0.717) is 18.1 Å². The first kappa shape index (κ1) is 22.4. The van der Waals surface area contributed by atoms with E-state index in [1.165, 1.54) is 13.3 Å². The topological polar surface area (TPSA) is 119 Å². The van der Waals surface area contributed by atoms with Crippen LogP contribution in [0, 0.1) is 5.92 Å². The van der Waals surface area contributed by atoms with E-state index in [-0.39, 0.29) is 24.1 Å². The molecule has 0 radical (unpaired) electrons. The highest BCUT2D eigenvalue weighted by atomic mass is 16.5. The van der Waals surface area contributed by atoms with Crippen LogP contribution < -0.4 is 15.0 Å². The number of esters is 1. The van der Waals surface area contributed by atoms with Crippen molar-refractivity contribution in [3.63, 3.8) is 0 Å². The van der Waals surface area contributed by atoms with Crippen molar-refractivity contribution < 1.29 is 19.1 Å². The SMILES string of the molecule is COC(=O)C(CC(C)C)NC(=O)c1cnc(N2CCCC2)c(OCc2ncccn2)n1. The smallest absolute Gasteiger partial charge is 0.328 e. The Labute approximate surface area is 181 Å². The second-order valence-electron chi connectivity index (χ2n) is 7.71. The van der Waals surface area contributed by atoms with Gasteiger partial charge in [-0.25, -0.2) is 24.7 Å². The lowest BCUT2D eigenvalue weighted by molar-refractivity contribution is -0.143. The number of nitrogens with zero attached hydrogens (tertiary/aromatic N) is 5. The summed E-state index contributed by atoms with van der Waals surface area (Å²) in [6, 6.07) is 0.957. The number of carbonyl (C=O) groups is 2. The molecule has 0 spiro atoms. The molecule has 1 amide bonds. The zero-order chi connectivity index (χ0) is 22.2. The molecule has 0 aromatic carbocycles. The van der Waals surface area contributed by atoms with Gasteiger partial charge in [0.2, 0.25) is 0 Å². The molecule has 10 nitrogen and oxygen atoms in total. The van der Waals surface area contributed by atoms with E-state index in [4.69, 9.17) is 9.47 Å². The second-order valence-corrected chi connectivity index (χ2v) is 7.71. The third kappa shape index (κ3) is 6.09. The van der Waals surface area contributed by atoms with Crippen molar-refractivity contribution >= 4 is 17.7 Å². The van der Waals surface area contributed by atoms with Crippen LogP contribution in [-0.2, 0) is 16.1 Å². The Morgan fingerprint density at radius 1 is 1.16 bits per heavy atom. The Morgan fingerprint density at radius 2 is 1.87 bits per heavy atom. The molecule has 3 rings (SSSR count). The Balaban J connectivity index is 1.81. The lowest BCUT2D eigenvalue weighted by atomic mass is 10.0. The standard InChI is InChI=1S/C21H28N6O4/c1-14(2)11-15(21(29)30-3)25-19(28)16-12-24-18(27-9-4-5-10-27)20(26-16)31-13-17-22-7-6-8-23-17/h6-8,12,14-15H,4-5,9-11,13H2,1-3H3,(H,25,28). The van der Waals surface area contributed by atoms with Gasteiger partial charge >= 0.3 is 5.97 Å². The van der Waals surface area contributed by atoms with Gasteiger partial charge < -0.3 is 19.7 Å². The van der Waals surface area contributed by atoms with Gasteiger partial charge in [-0.2, -0.15) is 0 Å². The van der Waals surface area contributed by atoms with Crippen LogP contribution in [0.15, 0.2) is 24.7 Å². The molecular formula is C21H28N6O4. The number of aromatic nitrogens is 4.